The number of rotatable bonds is 6. The Labute approximate surface area is 162 Å². The molecule has 7 heteroatoms. The number of benzene rings is 1. The van der Waals surface area contributed by atoms with Crippen molar-refractivity contribution in [2.24, 2.45) is 0 Å². The van der Waals surface area contributed by atoms with Crippen molar-refractivity contribution < 1.29 is 14.4 Å². The minimum Gasteiger partial charge on any atom is -0.350 e. The van der Waals surface area contributed by atoms with Gasteiger partial charge < -0.3 is 10.6 Å². The summed E-state index contributed by atoms with van der Waals surface area (Å²) in [5.41, 5.74) is 0.691. The summed E-state index contributed by atoms with van der Waals surface area (Å²) in [7, 11) is 0. The third-order valence-electron chi connectivity index (χ3n) is 4.77. The number of urea groups is 1. The van der Waals surface area contributed by atoms with E-state index in [1.54, 1.807) is 6.92 Å². The molecule has 0 aliphatic carbocycles. The van der Waals surface area contributed by atoms with Gasteiger partial charge >= 0.3 is 6.03 Å². The van der Waals surface area contributed by atoms with Crippen LogP contribution in [0.15, 0.2) is 41.8 Å². The van der Waals surface area contributed by atoms with E-state index in [1.165, 1.54) is 11.3 Å². The molecule has 0 spiro atoms. The van der Waals surface area contributed by atoms with E-state index in [0.29, 0.717) is 18.0 Å². The second-order valence-corrected chi connectivity index (χ2v) is 8.11. The van der Waals surface area contributed by atoms with Crippen molar-refractivity contribution in [1.29, 1.82) is 0 Å². The maximum absolute atomic E-state index is 12.9. The predicted octanol–water partition coefficient (Wildman–Crippen LogP) is 2.95. The van der Waals surface area contributed by atoms with Gasteiger partial charge in [-0.15, -0.1) is 11.3 Å². The molecule has 0 bridgehead atoms. The number of carbonyl (C=O) groups excluding carboxylic acids is 3. The van der Waals surface area contributed by atoms with E-state index in [2.05, 4.69) is 24.5 Å². The van der Waals surface area contributed by atoms with Crippen LogP contribution in [-0.2, 0) is 21.7 Å². The number of nitrogens with zero attached hydrogens (tertiary/aromatic N) is 1. The van der Waals surface area contributed by atoms with Crippen LogP contribution in [0.25, 0.3) is 0 Å². The lowest BCUT2D eigenvalue weighted by Gasteiger charge is -2.22. The molecular weight excluding hydrogens is 362 g/mol. The van der Waals surface area contributed by atoms with Gasteiger partial charge in [0.2, 0.25) is 5.91 Å². The molecule has 1 aromatic carbocycles. The normalized spacial score (nSPS) is 19.5. The lowest BCUT2D eigenvalue weighted by Crippen LogP contribution is -2.43. The van der Waals surface area contributed by atoms with Crippen LogP contribution in [0.3, 0.4) is 0 Å². The van der Waals surface area contributed by atoms with Gasteiger partial charge in [-0.2, -0.15) is 0 Å². The molecule has 2 heterocycles. The van der Waals surface area contributed by atoms with E-state index in [-0.39, 0.29) is 12.5 Å². The minimum absolute atomic E-state index is 0.296. The molecule has 2 aromatic rings. The van der Waals surface area contributed by atoms with Crippen LogP contribution in [-0.4, -0.2) is 29.3 Å². The van der Waals surface area contributed by atoms with Crippen molar-refractivity contribution in [1.82, 2.24) is 15.5 Å². The number of amides is 4. The fraction of sp³-hybridized carbons (Fsp3) is 0.350. The van der Waals surface area contributed by atoms with Gasteiger partial charge in [0.05, 0.1) is 6.54 Å². The van der Waals surface area contributed by atoms with Crippen LogP contribution in [0.1, 0.15) is 42.7 Å². The zero-order valence-corrected chi connectivity index (χ0v) is 16.4. The molecule has 0 radical (unpaired) electrons. The summed E-state index contributed by atoms with van der Waals surface area (Å²) in [5.74, 6) is -0.411. The van der Waals surface area contributed by atoms with Crippen LogP contribution in [0.4, 0.5) is 4.79 Å². The monoisotopic (exact) mass is 385 g/mol. The fourth-order valence-electron chi connectivity index (χ4n) is 3.04. The number of imide groups is 1. The van der Waals surface area contributed by atoms with Crippen LogP contribution in [0.2, 0.25) is 0 Å². The Morgan fingerprint density at radius 1 is 1.22 bits per heavy atom. The van der Waals surface area contributed by atoms with Crippen molar-refractivity contribution in [3.05, 3.63) is 57.8 Å². The van der Waals surface area contributed by atoms with Crippen LogP contribution in [0.5, 0.6) is 0 Å². The third-order valence-corrected chi connectivity index (χ3v) is 5.65. The minimum atomic E-state index is -1.17. The molecule has 0 unspecified atom stereocenters. The molecule has 4 amide bonds. The topological polar surface area (TPSA) is 78.5 Å². The van der Waals surface area contributed by atoms with Crippen molar-refractivity contribution in [3.8, 4) is 0 Å². The van der Waals surface area contributed by atoms with Crippen molar-refractivity contribution in [2.75, 3.05) is 6.54 Å². The summed E-state index contributed by atoms with van der Waals surface area (Å²) < 4.78 is 0. The molecule has 0 saturated carbocycles. The molecular formula is C20H23N3O3S. The molecule has 1 atom stereocenters. The van der Waals surface area contributed by atoms with Gasteiger partial charge in [0.25, 0.3) is 5.91 Å². The third kappa shape index (κ3) is 3.88. The summed E-state index contributed by atoms with van der Waals surface area (Å²) in [6, 6.07) is 10.9. The summed E-state index contributed by atoms with van der Waals surface area (Å²) in [4.78, 5) is 39.4. The zero-order valence-electron chi connectivity index (χ0n) is 15.6. The summed E-state index contributed by atoms with van der Waals surface area (Å²) in [5, 5.41) is 7.39. The Balaban J connectivity index is 1.69. The maximum Gasteiger partial charge on any atom is 0.325 e. The first-order chi connectivity index (χ1) is 12.8. The van der Waals surface area contributed by atoms with E-state index in [4.69, 9.17) is 0 Å². The molecule has 2 N–H and O–H groups in total. The second-order valence-electron chi connectivity index (χ2n) is 7.08. The highest BCUT2D eigenvalue weighted by Crippen LogP contribution is 2.29. The van der Waals surface area contributed by atoms with Gasteiger partial charge in [-0.25, -0.2) is 4.79 Å². The summed E-state index contributed by atoms with van der Waals surface area (Å²) in [6.45, 7) is 5.94. The highest BCUT2D eigenvalue weighted by molar-refractivity contribution is 7.09. The number of carbonyl (C=O) groups is 3. The smallest absolute Gasteiger partial charge is 0.325 e. The average Bonchev–Trinajstić information content (AvgIpc) is 3.23. The molecule has 1 saturated heterocycles. The molecule has 6 nitrogen and oxygen atoms in total. The predicted molar refractivity (Wildman–Crippen MR) is 104 cm³/mol. The van der Waals surface area contributed by atoms with E-state index in [1.807, 2.05) is 41.8 Å². The standard InChI is InChI=1S/C20H23N3O3S/c1-13(2)14-6-8-15(9-7-14)20(3)18(25)23(19(26)22-20)12-17(24)21-11-16-5-4-10-27-16/h4-10,13H,11-12H2,1-3H3,(H,21,24)(H,22,26)/t20-/m1/s1. The van der Waals surface area contributed by atoms with Gasteiger partial charge in [-0.3, -0.25) is 14.5 Å². The number of thiophene rings is 1. The largest absolute Gasteiger partial charge is 0.350 e. The first-order valence-corrected chi connectivity index (χ1v) is 9.73. The zero-order chi connectivity index (χ0) is 19.6. The van der Waals surface area contributed by atoms with Gasteiger partial charge in [0.1, 0.15) is 12.1 Å². The Morgan fingerprint density at radius 3 is 2.52 bits per heavy atom. The van der Waals surface area contributed by atoms with Crippen LogP contribution >= 0.6 is 11.3 Å². The first-order valence-electron chi connectivity index (χ1n) is 8.85. The SMILES string of the molecule is CC(C)c1ccc([C@@]2(C)NC(=O)N(CC(=O)NCc3cccs3)C2=O)cc1. The Hall–Kier alpha value is -2.67. The van der Waals surface area contributed by atoms with Gasteiger partial charge in [0, 0.05) is 4.88 Å². The molecule has 1 aliphatic heterocycles. The van der Waals surface area contributed by atoms with E-state index in [9.17, 15) is 14.4 Å². The summed E-state index contributed by atoms with van der Waals surface area (Å²) >= 11 is 1.53. The van der Waals surface area contributed by atoms with Crippen LogP contribution in [0, 0.1) is 0 Å². The molecule has 1 aromatic heterocycles. The van der Waals surface area contributed by atoms with Crippen LogP contribution < -0.4 is 10.6 Å². The van der Waals surface area contributed by atoms with Crippen molar-refractivity contribution in [3.63, 3.8) is 0 Å². The number of nitrogens with one attached hydrogen (secondary N) is 2. The molecule has 27 heavy (non-hydrogen) atoms. The van der Waals surface area contributed by atoms with E-state index >= 15 is 0 Å². The Bertz CT molecular complexity index is 846. The highest BCUT2D eigenvalue weighted by atomic mass is 32.1. The molecule has 142 valence electrons. The second kappa shape index (κ2) is 7.52. The lowest BCUT2D eigenvalue weighted by molar-refractivity contribution is -0.134. The molecule has 1 fully saturated rings. The quantitative estimate of drug-likeness (QED) is 0.751. The molecule has 1 aliphatic rings. The lowest BCUT2D eigenvalue weighted by atomic mass is 9.90. The van der Waals surface area contributed by atoms with Gasteiger partial charge in [-0.05, 0) is 35.4 Å². The van der Waals surface area contributed by atoms with Crippen molar-refractivity contribution in [2.45, 2.75) is 38.8 Å². The van der Waals surface area contributed by atoms with E-state index in [0.717, 1.165) is 15.3 Å². The summed E-state index contributed by atoms with van der Waals surface area (Å²) in [6.07, 6.45) is 0. The van der Waals surface area contributed by atoms with Crippen molar-refractivity contribution >= 4 is 29.2 Å². The first kappa shape index (κ1) is 19.1. The fourth-order valence-corrected chi connectivity index (χ4v) is 3.68. The highest BCUT2D eigenvalue weighted by Gasteiger charge is 2.49. The Kier molecular flexibility index (Phi) is 5.32. The number of hydrogen-bond acceptors (Lipinski definition) is 4. The maximum atomic E-state index is 12.9. The van der Waals surface area contributed by atoms with E-state index < -0.39 is 17.5 Å². The van der Waals surface area contributed by atoms with Gasteiger partial charge in [-0.1, -0.05) is 44.2 Å². The van der Waals surface area contributed by atoms with Gasteiger partial charge in [0.15, 0.2) is 0 Å². The Morgan fingerprint density at radius 2 is 1.93 bits per heavy atom. The molecule has 3 rings (SSSR count). The average molecular weight is 385 g/mol. The number of hydrogen-bond donors (Lipinski definition) is 2.